The molecule has 2 rings (SSSR count). The van der Waals surface area contributed by atoms with Crippen LogP contribution in [0, 0.1) is 17.3 Å². The number of benzene rings is 1. The van der Waals surface area contributed by atoms with Gasteiger partial charge in [-0.3, -0.25) is 4.79 Å². The monoisotopic (exact) mass is 316 g/mol. The van der Waals surface area contributed by atoms with Crippen molar-refractivity contribution in [3.8, 4) is 5.75 Å². The lowest BCUT2D eigenvalue weighted by Crippen LogP contribution is -2.34. The number of hydrogen-bond acceptors (Lipinski definition) is 2. The molecular weight excluding hydrogens is 284 g/mol. The molecule has 1 aliphatic carbocycles. The number of carbonyl (C=O) groups is 1. The summed E-state index contributed by atoms with van der Waals surface area (Å²) in [6.07, 6.45) is 5.27. The predicted molar refractivity (Wildman–Crippen MR) is 95.8 cm³/mol. The third-order valence-electron chi connectivity index (χ3n) is 6.56. The first-order valence-corrected chi connectivity index (χ1v) is 9.12. The van der Waals surface area contributed by atoms with Gasteiger partial charge in [0.05, 0.1) is 0 Å². The molecule has 0 aromatic heterocycles. The highest BCUT2D eigenvalue weighted by atomic mass is 16.3. The van der Waals surface area contributed by atoms with E-state index in [4.69, 9.17) is 0 Å². The van der Waals surface area contributed by atoms with Crippen molar-refractivity contribution in [1.29, 1.82) is 0 Å². The van der Waals surface area contributed by atoms with Crippen LogP contribution < -0.4 is 0 Å². The van der Waals surface area contributed by atoms with Gasteiger partial charge in [-0.1, -0.05) is 40.2 Å². The SMILES string of the molecule is CCC(C)C(C)(CCC1c2ccc(O)cc2CCC1C)C(C)=O. The van der Waals surface area contributed by atoms with Gasteiger partial charge in [0.2, 0.25) is 0 Å². The number of ketones is 1. The minimum Gasteiger partial charge on any atom is -0.508 e. The number of hydrogen-bond donors (Lipinski definition) is 1. The fourth-order valence-electron chi connectivity index (χ4n) is 4.18. The van der Waals surface area contributed by atoms with E-state index in [0.29, 0.717) is 29.3 Å². The van der Waals surface area contributed by atoms with Crippen LogP contribution in [0.1, 0.15) is 77.3 Å². The highest BCUT2D eigenvalue weighted by molar-refractivity contribution is 5.82. The van der Waals surface area contributed by atoms with Gasteiger partial charge in [-0.25, -0.2) is 0 Å². The van der Waals surface area contributed by atoms with E-state index in [-0.39, 0.29) is 5.41 Å². The third-order valence-corrected chi connectivity index (χ3v) is 6.56. The van der Waals surface area contributed by atoms with E-state index in [9.17, 15) is 9.90 Å². The zero-order valence-corrected chi connectivity index (χ0v) is 15.4. The second kappa shape index (κ2) is 7.07. The van der Waals surface area contributed by atoms with Crippen LogP contribution in [0.3, 0.4) is 0 Å². The van der Waals surface area contributed by atoms with Gasteiger partial charge in [0.15, 0.2) is 0 Å². The summed E-state index contributed by atoms with van der Waals surface area (Å²) >= 11 is 0. The molecule has 128 valence electrons. The van der Waals surface area contributed by atoms with Gasteiger partial charge in [-0.15, -0.1) is 0 Å². The van der Waals surface area contributed by atoms with Crippen molar-refractivity contribution in [2.75, 3.05) is 0 Å². The number of phenols is 1. The summed E-state index contributed by atoms with van der Waals surface area (Å²) in [4.78, 5) is 12.3. The van der Waals surface area contributed by atoms with E-state index in [0.717, 1.165) is 25.7 Å². The number of rotatable bonds is 6. The number of carbonyl (C=O) groups excluding carboxylic acids is 1. The van der Waals surface area contributed by atoms with Gasteiger partial charge in [0.1, 0.15) is 11.5 Å². The Balaban J connectivity index is 2.21. The molecule has 0 amide bonds. The minimum atomic E-state index is -0.219. The largest absolute Gasteiger partial charge is 0.508 e. The second-order valence-electron chi connectivity index (χ2n) is 7.83. The van der Waals surface area contributed by atoms with Crippen molar-refractivity contribution < 1.29 is 9.90 Å². The molecule has 1 N–H and O–H groups in total. The summed E-state index contributed by atoms with van der Waals surface area (Å²) in [5.41, 5.74) is 2.46. The molecule has 2 nitrogen and oxygen atoms in total. The molecule has 1 aromatic carbocycles. The van der Waals surface area contributed by atoms with Crippen LogP contribution in [0.15, 0.2) is 18.2 Å². The Labute approximate surface area is 141 Å². The highest BCUT2D eigenvalue weighted by Gasteiger charge is 2.37. The van der Waals surface area contributed by atoms with Crippen LogP contribution in [-0.4, -0.2) is 10.9 Å². The lowest BCUT2D eigenvalue weighted by atomic mass is 9.66. The van der Waals surface area contributed by atoms with E-state index in [2.05, 4.69) is 33.8 Å². The summed E-state index contributed by atoms with van der Waals surface area (Å²) in [7, 11) is 0. The van der Waals surface area contributed by atoms with Gasteiger partial charge < -0.3 is 5.11 Å². The number of aryl methyl sites for hydroxylation is 1. The first kappa shape index (κ1) is 18.0. The van der Waals surface area contributed by atoms with E-state index in [1.54, 1.807) is 6.92 Å². The standard InChI is InChI=1S/C21H32O2/c1-6-15(3)21(5,16(4)22)12-11-19-14(2)7-8-17-13-18(23)9-10-20(17)19/h9-10,13-15,19,23H,6-8,11-12H2,1-5H3. The molecule has 0 fully saturated rings. The van der Waals surface area contributed by atoms with Gasteiger partial charge in [-0.05, 0) is 73.6 Å². The van der Waals surface area contributed by atoms with Gasteiger partial charge >= 0.3 is 0 Å². The molecular formula is C21H32O2. The van der Waals surface area contributed by atoms with Crippen molar-refractivity contribution in [2.24, 2.45) is 17.3 Å². The van der Waals surface area contributed by atoms with Gasteiger partial charge in [0.25, 0.3) is 0 Å². The zero-order valence-electron chi connectivity index (χ0n) is 15.4. The summed E-state index contributed by atoms with van der Waals surface area (Å²) in [6, 6.07) is 5.83. The van der Waals surface area contributed by atoms with E-state index in [1.807, 2.05) is 12.1 Å². The van der Waals surface area contributed by atoms with Crippen molar-refractivity contribution >= 4 is 5.78 Å². The fraction of sp³-hybridized carbons (Fsp3) is 0.667. The molecule has 4 unspecified atom stereocenters. The molecule has 0 aliphatic heterocycles. The Kier molecular flexibility index (Phi) is 5.54. The molecule has 4 atom stereocenters. The van der Waals surface area contributed by atoms with Crippen LogP contribution in [-0.2, 0) is 11.2 Å². The number of Topliss-reactive ketones (excluding diaryl/α,β-unsaturated/α-hetero) is 1. The lowest BCUT2D eigenvalue weighted by Gasteiger charge is -2.37. The Bertz CT molecular complexity index is 563. The Morgan fingerprint density at radius 1 is 1.43 bits per heavy atom. The Morgan fingerprint density at radius 3 is 2.74 bits per heavy atom. The fourth-order valence-corrected chi connectivity index (χ4v) is 4.18. The molecule has 0 radical (unpaired) electrons. The molecule has 1 aromatic rings. The quantitative estimate of drug-likeness (QED) is 0.754. The van der Waals surface area contributed by atoms with E-state index in [1.165, 1.54) is 17.5 Å². The predicted octanol–water partition coefficient (Wildman–Crippen LogP) is 5.48. The normalized spacial score (nSPS) is 24.6. The van der Waals surface area contributed by atoms with Gasteiger partial charge in [0, 0.05) is 5.41 Å². The summed E-state index contributed by atoms with van der Waals surface area (Å²) in [5.74, 6) is 2.24. The maximum absolute atomic E-state index is 12.3. The molecule has 2 heteroatoms. The summed E-state index contributed by atoms with van der Waals surface area (Å²) < 4.78 is 0. The van der Waals surface area contributed by atoms with Crippen LogP contribution in [0.2, 0.25) is 0 Å². The van der Waals surface area contributed by atoms with Crippen molar-refractivity contribution in [3.63, 3.8) is 0 Å². The zero-order chi connectivity index (χ0) is 17.2. The minimum absolute atomic E-state index is 0.219. The van der Waals surface area contributed by atoms with Gasteiger partial charge in [-0.2, -0.15) is 0 Å². The Morgan fingerprint density at radius 2 is 2.13 bits per heavy atom. The molecule has 23 heavy (non-hydrogen) atoms. The number of fused-ring (bicyclic) bond motifs is 1. The molecule has 0 heterocycles. The average Bonchev–Trinajstić information content (AvgIpc) is 2.52. The molecule has 0 saturated carbocycles. The maximum atomic E-state index is 12.3. The first-order chi connectivity index (χ1) is 10.8. The van der Waals surface area contributed by atoms with Crippen molar-refractivity contribution in [2.45, 2.75) is 72.6 Å². The lowest BCUT2D eigenvalue weighted by molar-refractivity contribution is -0.129. The van der Waals surface area contributed by atoms with Crippen LogP contribution in [0.4, 0.5) is 0 Å². The second-order valence-corrected chi connectivity index (χ2v) is 7.83. The molecule has 0 saturated heterocycles. The number of phenolic OH excluding ortho intramolecular Hbond substituents is 1. The molecule has 0 bridgehead atoms. The molecule has 1 aliphatic rings. The summed E-state index contributed by atoms with van der Waals surface area (Å²) in [5, 5.41) is 9.73. The third kappa shape index (κ3) is 3.62. The maximum Gasteiger partial charge on any atom is 0.135 e. The topological polar surface area (TPSA) is 37.3 Å². The Hall–Kier alpha value is -1.31. The van der Waals surface area contributed by atoms with Crippen LogP contribution >= 0.6 is 0 Å². The van der Waals surface area contributed by atoms with Crippen molar-refractivity contribution in [1.82, 2.24) is 0 Å². The first-order valence-electron chi connectivity index (χ1n) is 9.12. The van der Waals surface area contributed by atoms with Crippen molar-refractivity contribution in [3.05, 3.63) is 29.3 Å². The number of aromatic hydroxyl groups is 1. The van der Waals surface area contributed by atoms with E-state index >= 15 is 0 Å². The van der Waals surface area contributed by atoms with Crippen LogP contribution in [0.25, 0.3) is 0 Å². The van der Waals surface area contributed by atoms with E-state index < -0.39 is 0 Å². The highest BCUT2D eigenvalue weighted by Crippen LogP contribution is 2.44. The summed E-state index contributed by atoms with van der Waals surface area (Å²) in [6.45, 7) is 10.6. The smallest absolute Gasteiger partial charge is 0.135 e. The van der Waals surface area contributed by atoms with Crippen LogP contribution in [0.5, 0.6) is 5.75 Å². The average molecular weight is 316 g/mol. The molecule has 0 spiro atoms.